The summed E-state index contributed by atoms with van der Waals surface area (Å²) in [6, 6.07) is 10.3. The standard InChI is InChI=1S/C24H26ClN5O2S/c1-29-22(31)18(33-17-7-10-27-21(32-2)19(17)25)14-28-23(29)30-11-8-24(9-12-30)13-15-5-3-4-6-16(15)20(24)26/h3-7,10,14,20H,8-9,11-13,26H2,1-2H3/t20-/m1/s1. The summed E-state index contributed by atoms with van der Waals surface area (Å²) in [5.74, 6) is 1.01. The molecule has 1 aliphatic heterocycles. The molecule has 5 rings (SSSR count). The third-order valence-corrected chi connectivity index (χ3v) is 8.52. The fourth-order valence-corrected chi connectivity index (χ4v) is 6.26. The van der Waals surface area contributed by atoms with Crippen molar-refractivity contribution in [1.82, 2.24) is 14.5 Å². The fourth-order valence-electron chi connectivity index (χ4n) is 5.08. The second kappa shape index (κ2) is 8.66. The molecule has 7 nitrogen and oxygen atoms in total. The molecular weight excluding hydrogens is 458 g/mol. The summed E-state index contributed by atoms with van der Waals surface area (Å²) in [5, 5.41) is 0.381. The van der Waals surface area contributed by atoms with Gasteiger partial charge in [-0.15, -0.1) is 0 Å². The van der Waals surface area contributed by atoms with Crippen molar-refractivity contribution >= 4 is 29.3 Å². The molecule has 1 spiro atoms. The lowest BCUT2D eigenvalue weighted by atomic mass is 9.73. The first-order valence-electron chi connectivity index (χ1n) is 10.9. The van der Waals surface area contributed by atoms with Gasteiger partial charge in [0, 0.05) is 37.3 Å². The van der Waals surface area contributed by atoms with Gasteiger partial charge >= 0.3 is 0 Å². The van der Waals surface area contributed by atoms with Gasteiger partial charge in [-0.25, -0.2) is 9.97 Å². The molecule has 1 aromatic carbocycles. The van der Waals surface area contributed by atoms with E-state index >= 15 is 0 Å². The Morgan fingerprint density at radius 3 is 2.67 bits per heavy atom. The van der Waals surface area contributed by atoms with E-state index in [1.807, 2.05) is 0 Å². The van der Waals surface area contributed by atoms with Crippen LogP contribution in [0.3, 0.4) is 0 Å². The van der Waals surface area contributed by atoms with Crippen LogP contribution in [0.4, 0.5) is 5.95 Å². The molecule has 3 aromatic rings. The number of anilines is 1. The van der Waals surface area contributed by atoms with Gasteiger partial charge in [-0.2, -0.15) is 0 Å². The number of ether oxygens (including phenoxy) is 1. The van der Waals surface area contributed by atoms with E-state index in [2.05, 4.69) is 39.1 Å². The number of nitrogens with two attached hydrogens (primary N) is 1. The molecule has 1 atom stereocenters. The van der Waals surface area contributed by atoms with E-state index in [1.165, 1.54) is 30.0 Å². The van der Waals surface area contributed by atoms with E-state index in [-0.39, 0.29) is 17.0 Å². The maximum Gasteiger partial charge on any atom is 0.268 e. The summed E-state index contributed by atoms with van der Waals surface area (Å²) in [6.07, 6.45) is 6.21. The smallest absolute Gasteiger partial charge is 0.268 e. The highest BCUT2D eigenvalue weighted by molar-refractivity contribution is 7.99. The molecule has 9 heteroatoms. The van der Waals surface area contributed by atoms with Gasteiger partial charge in [0.1, 0.15) is 5.02 Å². The highest BCUT2D eigenvalue weighted by Gasteiger charge is 2.46. The lowest BCUT2D eigenvalue weighted by Gasteiger charge is -2.42. The number of hydrogen-bond donors (Lipinski definition) is 1. The predicted molar refractivity (Wildman–Crippen MR) is 130 cm³/mol. The van der Waals surface area contributed by atoms with Crippen LogP contribution in [0.2, 0.25) is 5.02 Å². The van der Waals surface area contributed by atoms with Crippen molar-refractivity contribution in [3.05, 3.63) is 69.2 Å². The minimum Gasteiger partial charge on any atom is -0.480 e. The van der Waals surface area contributed by atoms with Gasteiger partial charge in [-0.3, -0.25) is 9.36 Å². The first-order chi connectivity index (χ1) is 15.9. The van der Waals surface area contributed by atoms with Gasteiger partial charge in [-0.05, 0) is 41.9 Å². The Hall–Kier alpha value is -2.55. The number of methoxy groups -OCH3 is 1. The summed E-state index contributed by atoms with van der Waals surface area (Å²) in [6.45, 7) is 1.64. The molecule has 1 aliphatic carbocycles. The molecule has 0 radical (unpaired) electrons. The molecule has 2 aromatic heterocycles. The molecule has 3 heterocycles. The van der Waals surface area contributed by atoms with Crippen LogP contribution in [0.25, 0.3) is 0 Å². The topological polar surface area (TPSA) is 86.3 Å². The quantitative estimate of drug-likeness (QED) is 0.603. The van der Waals surface area contributed by atoms with E-state index in [0.29, 0.717) is 26.6 Å². The van der Waals surface area contributed by atoms with Crippen LogP contribution in [-0.4, -0.2) is 34.7 Å². The van der Waals surface area contributed by atoms with E-state index in [9.17, 15) is 4.79 Å². The Labute approximate surface area is 201 Å². The Morgan fingerprint density at radius 2 is 1.94 bits per heavy atom. The van der Waals surface area contributed by atoms with Gasteiger partial charge in [-0.1, -0.05) is 47.6 Å². The normalized spacial score (nSPS) is 19.0. The molecule has 0 saturated carbocycles. The molecule has 1 fully saturated rings. The zero-order valence-electron chi connectivity index (χ0n) is 18.6. The zero-order valence-corrected chi connectivity index (χ0v) is 20.2. The lowest BCUT2D eigenvalue weighted by molar-refractivity contribution is 0.186. The molecule has 2 aliphatic rings. The fraction of sp³-hybridized carbons (Fsp3) is 0.375. The van der Waals surface area contributed by atoms with Crippen molar-refractivity contribution in [2.75, 3.05) is 25.1 Å². The number of pyridine rings is 1. The Bertz CT molecular complexity index is 1260. The monoisotopic (exact) mass is 483 g/mol. The maximum absolute atomic E-state index is 13.1. The minimum atomic E-state index is -0.109. The number of nitrogens with zero attached hydrogens (tertiary/aromatic N) is 4. The number of benzene rings is 1. The molecule has 0 unspecified atom stereocenters. The number of fused-ring (bicyclic) bond motifs is 1. The highest BCUT2D eigenvalue weighted by atomic mass is 35.5. The molecule has 0 amide bonds. The second-order valence-corrected chi connectivity index (χ2v) is 10.2. The van der Waals surface area contributed by atoms with Crippen LogP contribution in [-0.2, 0) is 13.5 Å². The van der Waals surface area contributed by atoms with Gasteiger partial charge in [0.05, 0.1) is 18.2 Å². The van der Waals surface area contributed by atoms with Crippen LogP contribution in [0.1, 0.15) is 30.0 Å². The van der Waals surface area contributed by atoms with E-state index < -0.39 is 0 Å². The van der Waals surface area contributed by atoms with Crippen molar-refractivity contribution in [1.29, 1.82) is 0 Å². The summed E-state index contributed by atoms with van der Waals surface area (Å²) in [4.78, 5) is 25.2. The van der Waals surface area contributed by atoms with Crippen LogP contribution in [0, 0.1) is 5.41 Å². The predicted octanol–water partition coefficient (Wildman–Crippen LogP) is 3.83. The van der Waals surface area contributed by atoms with Crippen LogP contribution >= 0.6 is 23.4 Å². The molecule has 2 N–H and O–H groups in total. The number of aromatic nitrogens is 3. The lowest BCUT2D eigenvalue weighted by Crippen LogP contribution is -2.46. The van der Waals surface area contributed by atoms with Crippen molar-refractivity contribution in [3.63, 3.8) is 0 Å². The van der Waals surface area contributed by atoms with E-state index in [1.54, 1.807) is 30.1 Å². The molecule has 0 bridgehead atoms. The third-order valence-electron chi connectivity index (χ3n) is 6.98. The molecular formula is C24H26ClN5O2S. The molecule has 172 valence electrons. The van der Waals surface area contributed by atoms with E-state index in [4.69, 9.17) is 22.1 Å². The van der Waals surface area contributed by atoms with Gasteiger partial charge in [0.25, 0.3) is 5.56 Å². The van der Waals surface area contributed by atoms with Crippen molar-refractivity contribution in [3.8, 4) is 5.88 Å². The summed E-state index contributed by atoms with van der Waals surface area (Å²) in [5.41, 5.74) is 9.34. The second-order valence-electron chi connectivity index (χ2n) is 8.72. The molecule has 1 saturated heterocycles. The summed E-state index contributed by atoms with van der Waals surface area (Å²) < 4.78 is 6.79. The number of rotatable bonds is 4. The first-order valence-corrected chi connectivity index (χ1v) is 12.1. The zero-order chi connectivity index (χ0) is 23.2. The van der Waals surface area contributed by atoms with Gasteiger partial charge in [0.15, 0.2) is 0 Å². The third kappa shape index (κ3) is 3.80. The molecule has 33 heavy (non-hydrogen) atoms. The SMILES string of the molecule is COc1nccc(Sc2cnc(N3CCC4(CC3)Cc3ccccc3[C@H]4N)n(C)c2=O)c1Cl. The number of piperidine rings is 1. The number of halogens is 1. The Morgan fingerprint density at radius 1 is 1.18 bits per heavy atom. The minimum absolute atomic E-state index is 0.0634. The van der Waals surface area contributed by atoms with Crippen molar-refractivity contribution < 1.29 is 4.74 Å². The highest BCUT2D eigenvalue weighted by Crippen LogP contribution is 2.50. The van der Waals surface area contributed by atoms with Crippen LogP contribution < -0.4 is 20.9 Å². The average Bonchev–Trinajstić information content (AvgIpc) is 3.10. The summed E-state index contributed by atoms with van der Waals surface area (Å²) in [7, 11) is 3.28. The van der Waals surface area contributed by atoms with Crippen molar-refractivity contribution in [2.45, 2.75) is 35.1 Å². The van der Waals surface area contributed by atoms with E-state index in [0.717, 1.165) is 32.4 Å². The Balaban J connectivity index is 1.34. The summed E-state index contributed by atoms with van der Waals surface area (Å²) >= 11 is 7.62. The largest absolute Gasteiger partial charge is 0.480 e. The van der Waals surface area contributed by atoms with Crippen LogP contribution in [0.5, 0.6) is 5.88 Å². The number of hydrogen-bond acceptors (Lipinski definition) is 7. The maximum atomic E-state index is 13.1. The first kappa shape index (κ1) is 22.3. The van der Waals surface area contributed by atoms with Crippen molar-refractivity contribution in [2.24, 2.45) is 18.2 Å². The van der Waals surface area contributed by atoms with Crippen LogP contribution in [0.15, 0.2) is 57.3 Å². The van der Waals surface area contributed by atoms with Gasteiger partial charge in [0.2, 0.25) is 11.8 Å². The Kier molecular flexibility index (Phi) is 5.84. The van der Waals surface area contributed by atoms with Gasteiger partial charge < -0.3 is 15.4 Å². The average molecular weight is 484 g/mol.